The summed E-state index contributed by atoms with van der Waals surface area (Å²) in [4.78, 5) is 5.50. The van der Waals surface area contributed by atoms with Gasteiger partial charge < -0.3 is 4.90 Å². The maximum absolute atomic E-state index is 13.3. The van der Waals surface area contributed by atoms with Gasteiger partial charge in [-0.15, -0.1) is 0 Å². The molecular weight excluding hydrogens is 386 g/mol. The summed E-state index contributed by atoms with van der Waals surface area (Å²) in [5, 5.41) is 0. The van der Waals surface area contributed by atoms with Gasteiger partial charge in [0.25, 0.3) is 0 Å². The van der Waals surface area contributed by atoms with E-state index < -0.39 is 33.6 Å². The highest BCUT2D eigenvalue weighted by Gasteiger charge is 2.32. The number of nitrogens with zero attached hydrogens (tertiary/aromatic N) is 2. The van der Waals surface area contributed by atoms with E-state index in [-0.39, 0.29) is 17.0 Å². The Morgan fingerprint density at radius 3 is 2.56 bits per heavy atom. The second-order valence-electron chi connectivity index (χ2n) is 6.37. The molecule has 2 heterocycles. The van der Waals surface area contributed by atoms with Crippen LogP contribution in [0, 0.1) is 12.7 Å². The number of aryl methyl sites for hydroxylation is 1. The van der Waals surface area contributed by atoms with Gasteiger partial charge in [-0.3, -0.25) is 0 Å². The Kier molecular flexibility index (Phi) is 5.13. The minimum Gasteiger partial charge on any atom is -0.355 e. The SMILES string of the molecule is Cc1cc(S(=O)(=O)NC2CCN(c3ccc(C(F)(F)F)cn3)C2)ccc1F. The van der Waals surface area contributed by atoms with E-state index in [1.165, 1.54) is 25.1 Å². The number of pyridine rings is 1. The number of anilines is 1. The van der Waals surface area contributed by atoms with Crippen molar-refractivity contribution in [2.75, 3.05) is 18.0 Å². The van der Waals surface area contributed by atoms with Crippen LogP contribution in [-0.4, -0.2) is 32.5 Å². The summed E-state index contributed by atoms with van der Waals surface area (Å²) >= 11 is 0. The van der Waals surface area contributed by atoms with Crippen molar-refractivity contribution in [3.05, 3.63) is 53.5 Å². The maximum Gasteiger partial charge on any atom is 0.417 e. The number of benzene rings is 1. The number of hydrogen-bond donors (Lipinski definition) is 1. The fourth-order valence-corrected chi connectivity index (χ4v) is 4.22. The Morgan fingerprint density at radius 1 is 1.22 bits per heavy atom. The molecule has 1 saturated heterocycles. The molecule has 1 fully saturated rings. The summed E-state index contributed by atoms with van der Waals surface area (Å²) in [6, 6.07) is 5.32. The van der Waals surface area contributed by atoms with E-state index in [0.717, 1.165) is 18.3 Å². The molecule has 0 radical (unpaired) electrons. The Labute approximate surface area is 154 Å². The second kappa shape index (κ2) is 7.08. The van der Waals surface area contributed by atoms with E-state index in [4.69, 9.17) is 0 Å². The Hall–Kier alpha value is -2.20. The Balaban J connectivity index is 1.68. The Morgan fingerprint density at radius 2 is 1.96 bits per heavy atom. The molecule has 0 bridgehead atoms. The average molecular weight is 403 g/mol. The summed E-state index contributed by atoms with van der Waals surface area (Å²) < 4.78 is 78.6. The fraction of sp³-hybridized carbons (Fsp3) is 0.353. The molecule has 1 aromatic carbocycles. The van der Waals surface area contributed by atoms with Crippen LogP contribution >= 0.6 is 0 Å². The number of halogens is 4. The van der Waals surface area contributed by atoms with Crippen LogP contribution in [0.15, 0.2) is 41.4 Å². The van der Waals surface area contributed by atoms with Crippen molar-refractivity contribution < 1.29 is 26.0 Å². The standard InChI is InChI=1S/C17H17F4N3O2S/c1-11-8-14(3-4-15(11)18)27(25,26)23-13-6-7-24(10-13)16-5-2-12(9-22-16)17(19,20)21/h2-5,8-9,13,23H,6-7,10H2,1H3. The highest BCUT2D eigenvalue weighted by Crippen LogP contribution is 2.30. The smallest absolute Gasteiger partial charge is 0.355 e. The third-order valence-corrected chi connectivity index (χ3v) is 5.87. The molecule has 0 aliphatic carbocycles. The number of sulfonamides is 1. The maximum atomic E-state index is 13.3. The molecule has 1 aromatic heterocycles. The lowest BCUT2D eigenvalue weighted by molar-refractivity contribution is -0.137. The van der Waals surface area contributed by atoms with Crippen LogP contribution in [0.5, 0.6) is 0 Å². The highest BCUT2D eigenvalue weighted by molar-refractivity contribution is 7.89. The number of rotatable bonds is 4. The molecule has 1 aliphatic heterocycles. The van der Waals surface area contributed by atoms with Crippen molar-refractivity contribution in [3.8, 4) is 0 Å². The van der Waals surface area contributed by atoms with E-state index in [1.807, 2.05) is 0 Å². The molecule has 10 heteroatoms. The monoisotopic (exact) mass is 403 g/mol. The molecule has 3 rings (SSSR count). The number of aromatic nitrogens is 1. The Bertz CT molecular complexity index is 930. The molecule has 0 saturated carbocycles. The van der Waals surface area contributed by atoms with Gasteiger partial charge in [-0.05, 0) is 49.2 Å². The minimum atomic E-state index is -4.46. The van der Waals surface area contributed by atoms with Gasteiger partial charge in [-0.25, -0.2) is 22.5 Å². The lowest BCUT2D eigenvalue weighted by Crippen LogP contribution is -2.37. The number of nitrogens with one attached hydrogen (secondary N) is 1. The largest absolute Gasteiger partial charge is 0.417 e. The normalized spacial score (nSPS) is 18.1. The lowest BCUT2D eigenvalue weighted by Gasteiger charge is -2.18. The van der Waals surface area contributed by atoms with Gasteiger partial charge in [0.2, 0.25) is 10.0 Å². The van der Waals surface area contributed by atoms with Gasteiger partial charge in [-0.2, -0.15) is 13.2 Å². The third-order valence-electron chi connectivity index (χ3n) is 4.35. The molecule has 27 heavy (non-hydrogen) atoms. The molecule has 1 N–H and O–H groups in total. The predicted molar refractivity (Wildman–Crippen MR) is 91.3 cm³/mol. The highest BCUT2D eigenvalue weighted by atomic mass is 32.2. The zero-order valence-corrected chi connectivity index (χ0v) is 15.1. The van der Waals surface area contributed by atoms with E-state index in [0.29, 0.717) is 18.8 Å². The lowest BCUT2D eigenvalue weighted by atomic mass is 10.2. The van der Waals surface area contributed by atoms with Crippen molar-refractivity contribution in [2.24, 2.45) is 0 Å². The first-order chi connectivity index (χ1) is 12.6. The van der Waals surface area contributed by atoms with Gasteiger partial charge in [0.05, 0.1) is 10.5 Å². The van der Waals surface area contributed by atoms with Crippen LogP contribution in [-0.2, 0) is 16.2 Å². The van der Waals surface area contributed by atoms with Gasteiger partial charge in [-0.1, -0.05) is 0 Å². The minimum absolute atomic E-state index is 0.0347. The first-order valence-electron chi connectivity index (χ1n) is 8.13. The fourth-order valence-electron chi connectivity index (χ4n) is 2.88. The van der Waals surface area contributed by atoms with E-state index >= 15 is 0 Å². The summed E-state index contributed by atoms with van der Waals surface area (Å²) in [6.07, 6.45) is -3.22. The molecular formula is C17H17F4N3O2S. The van der Waals surface area contributed by atoms with Crippen LogP contribution in [0.2, 0.25) is 0 Å². The predicted octanol–water partition coefficient (Wildman–Crippen LogP) is 3.11. The first-order valence-corrected chi connectivity index (χ1v) is 9.61. The molecule has 2 aromatic rings. The zero-order valence-electron chi connectivity index (χ0n) is 14.3. The zero-order chi connectivity index (χ0) is 19.8. The summed E-state index contributed by atoms with van der Waals surface area (Å²) in [7, 11) is -3.83. The van der Waals surface area contributed by atoms with Gasteiger partial charge in [0.15, 0.2) is 0 Å². The average Bonchev–Trinajstić information content (AvgIpc) is 3.04. The van der Waals surface area contributed by atoms with Crippen molar-refractivity contribution >= 4 is 15.8 Å². The summed E-state index contributed by atoms with van der Waals surface area (Å²) in [5.74, 6) is -0.142. The van der Waals surface area contributed by atoms with Crippen LogP contribution in [0.4, 0.5) is 23.4 Å². The molecule has 0 amide bonds. The summed E-state index contributed by atoms with van der Waals surface area (Å²) in [5.41, 5.74) is -0.616. The van der Waals surface area contributed by atoms with Gasteiger partial charge >= 0.3 is 6.18 Å². The molecule has 1 aliphatic rings. The number of hydrogen-bond acceptors (Lipinski definition) is 4. The molecule has 146 valence electrons. The third kappa shape index (κ3) is 4.38. The van der Waals surface area contributed by atoms with Crippen molar-refractivity contribution in [1.29, 1.82) is 0 Å². The second-order valence-corrected chi connectivity index (χ2v) is 8.08. The van der Waals surface area contributed by atoms with Crippen LogP contribution in [0.3, 0.4) is 0 Å². The molecule has 0 spiro atoms. The van der Waals surface area contributed by atoms with Gasteiger partial charge in [0.1, 0.15) is 11.6 Å². The molecule has 5 nitrogen and oxygen atoms in total. The van der Waals surface area contributed by atoms with Crippen molar-refractivity contribution in [1.82, 2.24) is 9.71 Å². The first kappa shape index (κ1) is 19.6. The van der Waals surface area contributed by atoms with Crippen LogP contribution < -0.4 is 9.62 Å². The molecule has 1 atom stereocenters. The van der Waals surface area contributed by atoms with Crippen LogP contribution in [0.1, 0.15) is 17.5 Å². The van der Waals surface area contributed by atoms with Gasteiger partial charge in [0, 0.05) is 25.3 Å². The topological polar surface area (TPSA) is 62.3 Å². The van der Waals surface area contributed by atoms with Crippen molar-refractivity contribution in [3.63, 3.8) is 0 Å². The molecule has 1 unspecified atom stereocenters. The van der Waals surface area contributed by atoms with E-state index in [2.05, 4.69) is 9.71 Å². The van der Waals surface area contributed by atoms with E-state index in [9.17, 15) is 26.0 Å². The number of alkyl halides is 3. The van der Waals surface area contributed by atoms with Crippen molar-refractivity contribution in [2.45, 2.75) is 30.5 Å². The van der Waals surface area contributed by atoms with Crippen LogP contribution in [0.25, 0.3) is 0 Å². The quantitative estimate of drug-likeness (QED) is 0.797. The summed E-state index contributed by atoms with van der Waals surface area (Å²) in [6.45, 7) is 2.20. The van der Waals surface area contributed by atoms with E-state index in [1.54, 1.807) is 4.90 Å².